The van der Waals surface area contributed by atoms with Gasteiger partial charge < -0.3 is 15.4 Å². The van der Waals surface area contributed by atoms with E-state index >= 15 is 0 Å². The minimum absolute atomic E-state index is 0.141. The molecular weight excluding hydrogens is 266 g/mol. The highest BCUT2D eigenvalue weighted by Crippen LogP contribution is 2.16. The zero-order valence-corrected chi connectivity index (χ0v) is 14.0. The van der Waals surface area contributed by atoms with E-state index in [1.54, 1.807) is 7.11 Å². The maximum atomic E-state index is 11.8. The first-order valence-electron chi connectivity index (χ1n) is 8.30. The van der Waals surface area contributed by atoms with E-state index in [9.17, 15) is 4.79 Å². The van der Waals surface area contributed by atoms with Crippen LogP contribution >= 0.6 is 0 Å². The molecule has 0 atom stereocenters. The summed E-state index contributed by atoms with van der Waals surface area (Å²) in [6.07, 6.45) is 3.27. The number of methoxy groups -OCH3 is 1. The second-order valence-corrected chi connectivity index (χ2v) is 6.47. The van der Waals surface area contributed by atoms with E-state index in [1.165, 1.54) is 12.8 Å². The summed E-state index contributed by atoms with van der Waals surface area (Å²) < 4.78 is 4.96. The molecule has 21 heavy (non-hydrogen) atoms. The number of rotatable bonds is 10. The van der Waals surface area contributed by atoms with E-state index in [-0.39, 0.29) is 5.91 Å². The van der Waals surface area contributed by atoms with Crippen LogP contribution in [0.2, 0.25) is 0 Å². The predicted molar refractivity (Wildman–Crippen MR) is 86.4 cm³/mol. The van der Waals surface area contributed by atoms with Gasteiger partial charge in [-0.1, -0.05) is 13.8 Å². The standard InChI is InChI=1S/C16H33N3O2/c1-14(2)11-17-12-15-5-8-19(9-6-15)13-16(20)18-7-4-10-21-3/h14-15,17H,4-13H2,1-3H3,(H,18,20). The molecular formula is C16H33N3O2. The number of piperidine rings is 1. The van der Waals surface area contributed by atoms with Crippen LogP contribution in [0.15, 0.2) is 0 Å². The fourth-order valence-electron chi connectivity index (χ4n) is 2.63. The molecule has 1 aliphatic rings. The molecule has 2 N–H and O–H groups in total. The van der Waals surface area contributed by atoms with Crippen LogP contribution in [-0.2, 0) is 9.53 Å². The Morgan fingerprint density at radius 3 is 2.67 bits per heavy atom. The van der Waals surface area contributed by atoms with E-state index in [1.807, 2.05) is 0 Å². The van der Waals surface area contributed by atoms with Gasteiger partial charge in [-0.2, -0.15) is 0 Å². The highest BCUT2D eigenvalue weighted by Gasteiger charge is 2.20. The van der Waals surface area contributed by atoms with Gasteiger partial charge in [0, 0.05) is 20.3 Å². The first-order valence-corrected chi connectivity index (χ1v) is 8.30. The molecule has 1 fully saturated rings. The predicted octanol–water partition coefficient (Wildman–Crippen LogP) is 1.10. The van der Waals surface area contributed by atoms with E-state index in [2.05, 4.69) is 29.4 Å². The summed E-state index contributed by atoms with van der Waals surface area (Å²) in [5.41, 5.74) is 0. The van der Waals surface area contributed by atoms with Gasteiger partial charge in [-0.25, -0.2) is 0 Å². The van der Waals surface area contributed by atoms with Crippen LogP contribution in [0.3, 0.4) is 0 Å². The summed E-state index contributed by atoms with van der Waals surface area (Å²) >= 11 is 0. The molecule has 1 heterocycles. The topological polar surface area (TPSA) is 53.6 Å². The Hall–Kier alpha value is -0.650. The molecule has 0 aliphatic carbocycles. The van der Waals surface area contributed by atoms with Crippen molar-refractivity contribution in [2.45, 2.75) is 33.1 Å². The van der Waals surface area contributed by atoms with E-state index in [4.69, 9.17) is 4.74 Å². The largest absolute Gasteiger partial charge is 0.385 e. The number of amides is 1. The fraction of sp³-hybridized carbons (Fsp3) is 0.938. The van der Waals surface area contributed by atoms with E-state index in [0.29, 0.717) is 25.6 Å². The summed E-state index contributed by atoms with van der Waals surface area (Å²) in [6, 6.07) is 0. The number of carbonyl (C=O) groups is 1. The molecule has 0 unspecified atom stereocenters. The number of ether oxygens (including phenoxy) is 1. The van der Waals surface area contributed by atoms with Crippen LogP contribution in [0.25, 0.3) is 0 Å². The number of hydrogen-bond donors (Lipinski definition) is 2. The Balaban J connectivity index is 2.05. The van der Waals surface area contributed by atoms with Crippen molar-refractivity contribution in [2.75, 3.05) is 53.0 Å². The quantitative estimate of drug-likeness (QED) is 0.593. The smallest absolute Gasteiger partial charge is 0.234 e. The van der Waals surface area contributed by atoms with Gasteiger partial charge in [0.25, 0.3) is 0 Å². The SMILES string of the molecule is COCCCNC(=O)CN1CCC(CNCC(C)C)CC1. The lowest BCUT2D eigenvalue weighted by Gasteiger charge is -2.31. The Kier molecular flexibility index (Phi) is 9.63. The fourth-order valence-corrected chi connectivity index (χ4v) is 2.63. The zero-order valence-electron chi connectivity index (χ0n) is 14.0. The molecule has 1 amide bonds. The monoisotopic (exact) mass is 299 g/mol. The molecule has 1 saturated heterocycles. The average Bonchev–Trinajstić information content (AvgIpc) is 2.45. The third kappa shape index (κ3) is 9.06. The van der Waals surface area contributed by atoms with Crippen LogP contribution in [0, 0.1) is 11.8 Å². The number of nitrogens with one attached hydrogen (secondary N) is 2. The maximum Gasteiger partial charge on any atom is 0.234 e. The van der Waals surface area contributed by atoms with Gasteiger partial charge in [0.2, 0.25) is 5.91 Å². The molecule has 124 valence electrons. The normalized spacial score (nSPS) is 17.3. The van der Waals surface area contributed by atoms with Gasteiger partial charge in [0.05, 0.1) is 6.54 Å². The van der Waals surface area contributed by atoms with Crippen molar-refractivity contribution in [3.8, 4) is 0 Å². The summed E-state index contributed by atoms with van der Waals surface area (Å²) in [6.45, 7) is 10.7. The van der Waals surface area contributed by atoms with Gasteiger partial charge in [-0.05, 0) is 57.3 Å². The van der Waals surface area contributed by atoms with Crippen molar-refractivity contribution >= 4 is 5.91 Å². The zero-order chi connectivity index (χ0) is 15.5. The average molecular weight is 299 g/mol. The second kappa shape index (κ2) is 11.0. The van der Waals surface area contributed by atoms with Crippen LogP contribution in [-0.4, -0.2) is 63.8 Å². The van der Waals surface area contributed by atoms with E-state index < -0.39 is 0 Å². The van der Waals surface area contributed by atoms with Crippen molar-refractivity contribution < 1.29 is 9.53 Å². The van der Waals surface area contributed by atoms with Crippen molar-refractivity contribution in [3.63, 3.8) is 0 Å². The first kappa shape index (κ1) is 18.4. The molecule has 0 radical (unpaired) electrons. The minimum atomic E-state index is 0.141. The van der Waals surface area contributed by atoms with Crippen molar-refractivity contribution in [1.82, 2.24) is 15.5 Å². The van der Waals surface area contributed by atoms with Crippen LogP contribution in [0.4, 0.5) is 0 Å². The molecule has 0 aromatic carbocycles. The Bertz CT molecular complexity index is 277. The molecule has 0 aromatic heterocycles. The van der Waals surface area contributed by atoms with Gasteiger partial charge in [-0.15, -0.1) is 0 Å². The summed E-state index contributed by atoms with van der Waals surface area (Å²) in [7, 11) is 1.68. The summed E-state index contributed by atoms with van der Waals surface area (Å²) in [4.78, 5) is 14.1. The molecule has 0 spiro atoms. The van der Waals surface area contributed by atoms with Gasteiger partial charge >= 0.3 is 0 Å². The van der Waals surface area contributed by atoms with Crippen molar-refractivity contribution in [1.29, 1.82) is 0 Å². The molecule has 0 aromatic rings. The summed E-state index contributed by atoms with van der Waals surface area (Å²) in [5.74, 6) is 1.62. The Labute approximate surface area is 129 Å². The summed E-state index contributed by atoms with van der Waals surface area (Å²) in [5, 5.41) is 6.49. The first-order chi connectivity index (χ1) is 10.1. The van der Waals surface area contributed by atoms with Crippen LogP contribution in [0.1, 0.15) is 33.1 Å². The molecule has 1 aliphatic heterocycles. The lowest BCUT2D eigenvalue weighted by Crippen LogP contribution is -2.43. The number of hydrogen-bond acceptors (Lipinski definition) is 4. The highest BCUT2D eigenvalue weighted by molar-refractivity contribution is 5.77. The third-order valence-electron chi connectivity index (χ3n) is 3.91. The Morgan fingerprint density at radius 2 is 2.05 bits per heavy atom. The number of carbonyl (C=O) groups excluding carboxylic acids is 1. The molecule has 0 bridgehead atoms. The van der Waals surface area contributed by atoms with Crippen molar-refractivity contribution in [3.05, 3.63) is 0 Å². The minimum Gasteiger partial charge on any atom is -0.385 e. The molecule has 1 rings (SSSR count). The maximum absolute atomic E-state index is 11.8. The number of likely N-dealkylation sites (tertiary alicyclic amines) is 1. The lowest BCUT2D eigenvalue weighted by atomic mass is 9.96. The number of nitrogens with zero attached hydrogens (tertiary/aromatic N) is 1. The van der Waals surface area contributed by atoms with Gasteiger partial charge in [0.15, 0.2) is 0 Å². The Morgan fingerprint density at radius 1 is 1.33 bits per heavy atom. The van der Waals surface area contributed by atoms with E-state index in [0.717, 1.165) is 38.5 Å². The van der Waals surface area contributed by atoms with Crippen LogP contribution < -0.4 is 10.6 Å². The third-order valence-corrected chi connectivity index (χ3v) is 3.91. The molecule has 5 heteroatoms. The molecule has 0 saturated carbocycles. The van der Waals surface area contributed by atoms with Crippen LogP contribution in [0.5, 0.6) is 0 Å². The van der Waals surface area contributed by atoms with Gasteiger partial charge in [-0.3, -0.25) is 9.69 Å². The highest BCUT2D eigenvalue weighted by atomic mass is 16.5. The lowest BCUT2D eigenvalue weighted by molar-refractivity contribution is -0.122. The van der Waals surface area contributed by atoms with Crippen molar-refractivity contribution in [2.24, 2.45) is 11.8 Å². The molecule has 5 nitrogen and oxygen atoms in total. The van der Waals surface area contributed by atoms with Gasteiger partial charge in [0.1, 0.15) is 0 Å². The second-order valence-electron chi connectivity index (χ2n) is 6.47.